The van der Waals surface area contributed by atoms with E-state index in [1.807, 2.05) is 26.0 Å². The van der Waals surface area contributed by atoms with Crippen LogP contribution in [-0.2, 0) is 6.54 Å². The number of benzene rings is 2. The zero-order valence-corrected chi connectivity index (χ0v) is 13.1. The summed E-state index contributed by atoms with van der Waals surface area (Å²) in [6, 6.07) is 9.12. The van der Waals surface area contributed by atoms with Crippen LogP contribution in [0, 0.1) is 19.7 Å². The van der Waals surface area contributed by atoms with Crippen LogP contribution in [0.25, 0.3) is 11.1 Å². The standard InChI is InChI=1S/C18H22FNO/c1-5-20-11-14-10-15(19)6-7-16(14)17-8-13(3)18(21-4)9-12(17)2/h6-10,20H,5,11H2,1-4H3. The van der Waals surface area contributed by atoms with Gasteiger partial charge in [0.2, 0.25) is 0 Å². The van der Waals surface area contributed by atoms with Gasteiger partial charge in [0.05, 0.1) is 7.11 Å². The summed E-state index contributed by atoms with van der Waals surface area (Å²) in [6.45, 7) is 7.64. The lowest BCUT2D eigenvalue weighted by Gasteiger charge is -2.15. The molecule has 0 aliphatic carbocycles. The van der Waals surface area contributed by atoms with Crippen LogP contribution in [0.3, 0.4) is 0 Å². The summed E-state index contributed by atoms with van der Waals surface area (Å²) in [5.41, 5.74) is 5.38. The molecule has 0 aromatic heterocycles. The van der Waals surface area contributed by atoms with Gasteiger partial charge in [-0.25, -0.2) is 4.39 Å². The molecule has 0 heterocycles. The van der Waals surface area contributed by atoms with Crippen LogP contribution >= 0.6 is 0 Å². The average Bonchev–Trinajstić information content (AvgIpc) is 2.47. The minimum absolute atomic E-state index is 0.200. The summed E-state index contributed by atoms with van der Waals surface area (Å²) in [4.78, 5) is 0. The molecular weight excluding hydrogens is 265 g/mol. The number of hydrogen-bond acceptors (Lipinski definition) is 2. The Bertz CT molecular complexity index is 637. The van der Waals surface area contributed by atoms with Crippen molar-refractivity contribution in [2.24, 2.45) is 0 Å². The molecule has 0 atom stereocenters. The first-order valence-corrected chi connectivity index (χ1v) is 7.21. The molecular formula is C18H22FNO. The van der Waals surface area contributed by atoms with E-state index in [0.29, 0.717) is 6.54 Å². The van der Waals surface area contributed by atoms with Crippen molar-refractivity contribution < 1.29 is 9.13 Å². The molecule has 2 aromatic carbocycles. The van der Waals surface area contributed by atoms with Crippen molar-refractivity contribution >= 4 is 0 Å². The van der Waals surface area contributed by atoms with E-state index in [1.54, 1.807) is 13.2 Å². The Balaban J connectivity index is 2.53. The van der Waals surface area contributed by atoms with Gasteiger partial charge >= 0.3 is 0 Å². The Hall–Kier alpha value is -1.87. The summed E-state index contributed by atoms with van der Waals surface area (Å²) in [7, 11) is 1.68. The van der Waals surface area contributed by atoms with Crippen molar-refractivity contribution in [3.8, 4) is 16.9 Å². The van der Waals surface area contributed by atoms with Gasteiger partial charge in [-0.2, -0.15) is 0 Å². The first-order valence-electron chi connectivity index (χ1n) is 7.21. The molecule has 1 N–H and O–H groups in total. The second-order valence-corrected chi connectivity index (χ2v) is 5.22. The van der Waals surface area contributed by atoms with E-state index < -0.39 is 0 Å². The fraction of sp³-hybridized carbons (Fsp3) is 0.333. The molecule has 2 aromatic rings. The molecule has 2 rings (SSSR count). The van der Waals surface area contributed by atoms with E-state index in [4.69, 9.17) is 4.74 Å². The lowest BCUT2D eigenvalue weighted by atomic mass is 9.94. The number of aryl methyl sites for hydroxylation is 2. The minimum Gasteiger partial charge on any atom is -0.496 e. The smallest absolute Gasteiger partial charge is 0.123 e. The first kappa shape index (κ1) is 15.5. The lowest BCUT2D eigenvalue weighted by molar-refractivity contribution is 0.411. The van der Waals surface area contributed by atoms with Crippen LogP contribution in [0.5, 0.6) is 5.75 Å². The molecule has 0 aliphatic rings. The van der Waals surface area contributed by atoms with Crippen molar-refractivity contribution in [3.63, 3.8) is 0 Å². The Morgan fingerprint density at radius 2 is 1.81 bits per heavy atom. The third kappa shape index (κ3) is 3.42. The normalized spacial score (nSPS) is 10.7. The third-order valence-corrected chi connectivity index (χ3v) is 3.66. The number of nitrogens with one attached hydrogen (secondary N) is 1. The molecule has 0 bridgehead atoms. The molecule has 3 heteroatoms. The molecule has 0 saturated carbocycles. The maximum absolute atomic E-state index is 13.5. The van der Waals surface area contributed by atoms with Crippen LogP contribution in [0.15, 0.2) is 30.3 Å². The van der Waals surface area contributed by atoms with Gasteiger partial charge in [-0.15, -0.1) is 0 Å². The summed E-state index contributed by atoms with van der Waals surface area (Å²) >= 11 is 0. The second kappa shape index (κ2) is 6.72. The SMILES string of the molecule is CCNCc1cc(F)ccc1-c1cc(C)c(OC)cc1C. The maximum Gasteiger partial charge on any atom is 0.123 e. The van der Waals surface area contributed by atoms with E-state index in [1.165, 1.54) is 6.07 Å². The predicted octanol–water partition coefficient (Wildman–Crippen LogP) is 4.23. The molecule has 21 heavy (non-hydrogen) atoms. The molecule has 0 aliphatic heterocycles. The molecule has 112 valence electrons. The number of methoxy groups -OCH3 is 1. The quantitative estimate of drug-likeness (QED) is 0.888. The molecule has 0 saturated heterocycles. The summed E-state index contributed by atoms with van der Waals surface area (Å²) in [5, 5.41) is 3.27. The van der Waals surface area contributed by atoms with Gasteiger partial charge in [0.1, 0.15) is 11.6 Å². The monoisotopic (exact) mass is 287 g/mol. The van der Waals surface area contributed by atoms with Crippen molar-refractivity contribution in [1.29, 1.82) is 0 Å². The average molecular weight is 287 g/mol. The Labute approximate surface area is 126 Å². The Morgan fingerprint density at radius 1 is 1.05 bits per heavy atom. The second-order valence-electron chi connectivity index (χ2n) is 5.22. The highest BCUT2D eigenvalue weighted by molar-refractivity contribution is 5.72. The minimum atomic E-state index is -0.200. The Morgan fingerprint density at radius 3 is 2.48 bits per heavy atom. The number of halogens is 1. The van der Waals surface area contributed by atoms with Gasteiger partial charge < -0.3 is 10.1 Å². The van der Waals surface area contributed by atoms with Gasteiger partial charge in [0.25, 0.3) is 0 Å². The predicted molar refractivity (Wildman–Crippen MR) is 85.2 cm³/mol. The van der Waals surface area contributed by atoms with Crippen molar-refractivity contribution in [2.45, 2.75) is 27.3 Å². The summed E-state index contributed by atoms with van der Waals surface area (Å²) in [6.07, 6.45) is 0. The topological polar surface area (TPSA) is 21.3 Å². The molecule has 0 unspecified atom stereocenters. The van der Waals surface area contributed by atoms with E-state index in [-0.39, 0.29) is 5.82 Å². The van der Waals surface area contributed by atoms with E-state index >= 15 is 0 Å². The Kier molecular flexibility index (Phi) is 4.97. The van der Waals surface area contributed by atoms with E-state index in [9.17, 15) is 4.39 Å². The van der Waals surface area contributed by atoms with Gasteiger partial charge in [0, 0.05) is 6.54 Å². The van der Waals surface area contributed by atoms with Crippen molar-refractivity contribution in [2.75, 3.05) is 13.7 Å². The van der Waals surface area contributed by atoms with Crippen molar-refractivity contribution in [1.82, 2.24) is 5.32 Å². The molecule has 2 nitrogen and oxygen atoms in total. The lowest BCUT2D eigenvalue weighted by Crippen LogP contribution is -2.13. The highest BCUT2D eigenvalue weighted by Crippen LogP contribution is 2.32. The molecule has 0 amide bonds. The van der Waals surface area contributed by atoms with Gasteiger partial charge in [0.15, 0.2) is 0 Å². The van der Waals surface area contributed by atoms with Crippen LogP contribution in [0.1, 0.15) is 23.6 Å². The summed E-state index contributed by atoms with van der Waals surface area (Å²) < 4.78 is 18.9. The maximum atomic E-state index is 13.5. The third-order valence-electron chi connectivity index (χ3n) is 3.66. The fourth-order valence-electron chi connectivity index (χ4n) is 2.53. The summed E-state index contributed by atoms with van der Waals surface area (Å²) in [5.74, 6) is 0.682. The number of hydrogen-bond donors (Lipinski definition) is 1. The number of rotatable bonds is 5. The molecule has 0 fully saturated rings. The largest absolute Gasteiger partial charge is 0.496 e. The van der Waals surface area contributed by atoms with Crippen molar-refractivity contribution in [3.05, 3.63) is 52.8 Å². The van der Waals surface area contributed by atoms with E-state index in [2.05, 4.69) is 18.3 Å². The molecule has 0 spiro atoms. The van der Waals surface area contributed by atoms with E-state index in [0.717, 1.165) is 40.1 Å². The van der Waals surface area contributed by atoms with Gasteiger partial charge in [-0.1, -0.05) is 13.0 Å². The highest BCUT2D eigenvalue weighted by Gasteiger charge is 2.11. The van der Waals surface area contributed by atoms with Crippen LogP contribution in [-0.4, -0.2) is 13.7 Å². The van der Waals surface area contributed by atoms with Gasteiger partial charge in [-0.05, 0) is 72.5 Å². The highest BCUT2D eigenvalue weighted by atomic mass is 19.1. The zero-order valence-electron chi connectivity index (χ0n) is 13.1. The first-order chi connectivity index (χ1) is 10.1. The fourth-order valence-corrected chi connectivity index (χ4v) is 2.53. The van der Waals surface area contributed by atoms with Gasteiger partial charge in [-0.3, -0.25) is 0 Å². The molecule has 0 radical (unpaired) electrons. The number of ether oxygens (including phenoxy) is 1. The van der Waals surface area contributed by atoms with Crippen LogP contribution < -0.4 is 10.1 Å². The van der Waals surface area contributed by atoms with Crippen LogP contribution in [0.4, 0.5) is 4.39 Å². The van der Waals surface area contributed by atoms with Crippen LogP contribution in [0.2, 0.25) is 0 Å². The zero-order chi connectivity index (χ0) is 15.4.